The number of nitrogens with zero attached hydrogens (tertiary/aromatic N) is 5. The summed E-state index contributed by atoms with van der Waals surface area (Å²) in [5.41, 5.74) is 1.27. The predicted molar refractivity (Wildman–Crippen MR) is 97.0 cm³/mol. The standard InChI is InChI=1S/C18H26N6O3.K/c25-17(26)14-24-18(20-21-22-24)19-8-5-11-27-16-7-4-6-15(12-16)13-23-9-2-1-3-10-23;/h4,6-7,12H,1-3,5,8-11,13-14H2,(H,25,26)(H,19,20,22);/q;+1/p-1. The van der Waals surface area contributed by atoms with Gasteiger partial charge in [-0.1, -0.05) is 23.7 Å². The molecule has 1 aromatic carbocycles. The van der Waals surface area contributed by atoms with Crippen LogP contribution in [0.4, 0.5) is 5.95 Å². The van der Waals surface area contributed by atoms with Crippen molar-refractivity contribution in [3.63, 3.8) is 0 Å². The van der Waals surface area contributed by atoms with Crippen molar-refractivity contribution in [1.29, 1.82) is 0 Å². The fourth-order valence-corrected chi connectivity index (χ4v) is 3.13. The number of likely N-dealkylation sites (tertiary alicyclic amines) is 1. The first-order valence-corrected chi connectivity index (χ1v) is 9.35. The molecular weight excluding hydrogens is 387 g/mol. The number of nitrogens with one attached hydrogen (secondary N) is 1. The molecule has 0 spiro atoms. The van der Waals surface area contributed by atoms with Gasteiger partial charge in [-0.3, -0.25) is 4.90 Å². The van der Waals surface area contributed by atoms with Crippen LogP contribution in [0, 0.1) is 0 Å². The molecule has 146 valence electrons. The summed E-state index contributed by atoms with van der Waals surface area (Å²) < 4.78 is 6.98. The number of carboxylic acids is 1. The minimum absolute atomic E-state index is 0. The number of aromatic nitrogens is 4. The number of hydrogen-bond acceptors (Lipinski definition) is 8. The predicted octanol–water partition coefficient (Wildman–Crippen LogP) is -2.71. The molecule has 0 atom stereocenters. The number of carbonyl (C=O) groups excluding carboxylic acids is 1. The van der Waals surface area contributed by atoms with Gasteiger partial charge in [0.1, 0.15) is 5.75 Å². The molecular formula is C18H25KN6O3. The van der Waals surface area contributed by atoms with E-state index in [4.69, 9.17) is 4.74 Å². The van der Waals surface area contributed by atoms with Gasteiger partial charge in [0.15, 0.2) is 0 Å². The maximum absolute atomic E-state index is 10.6. The zero-order chi connectivity index (χ0) is 18.9. The van der Waals surface area contributed by atoms with Crippen molar-refractivity contribution in [2.45, 2.75) is 38.8 Å². The van der Waals surface area contributed by atoms with Crippen LogP contribution in [0.5, 0.6) is 5.75 Å². The summed E-state index contributed by atoms with van der Waals surface area (Å²) in [4.78, 5) is 13.1. The molecule has 2 heterocycles. The Morgan fingerprint density at radius 3 is 2.86 bits per heavy atom. The van der Waals surface area contributed by atoms with E-state index in [2.05, 4.69) is 37.9 Å². The minimum atomic E-state index is -1.24. The number of hydrogen-bond donors (Lipinski definition) is 1. The number of carbonyl (C=O) groups is 1. The molecule has 1 aliphatic heterocycles. The average Bonchev–Trinajstić information content (AvgIpc) is 3.09. The van der Waals surface area contributed by atoms with Crippen LogP contribution in [-0.2, 0) is 17.9 Å². The molecule has 1 N–H and O–H groups in total. The van der Waals surface area contributed by atoms with Crippen LogP contribution in [0.2, 0.25) is 0 Å². The van der Waals surface area contributed by atoms with E-state index in [1.807, 2.05) is 12.1 Å². The van der Waals surface area contributed by atoms with E-state index in [9.17, 15) is 9.90 Å². The van der Waals surface area contributed by atoms with Gasteiger partial charge >= 0.3 is 51.4 Å². The number of tetrazole rings is 1. The Morgan fingerprint density at radius 1 is 1.25 bits per heavy atom. The fourth-order valence-electron chi connectivity index (χ4n) is 3.13. The normalized spacial score (nSPS) is 14.3. The number of rotatable bonds is 10. The van der Waals surface area contributed by atoms with Crippen molar-refractivity contribution in [2.75, 3.05) is 31.6 Å². The van der Waals surface area contributed by atoms with E-state index in [0.29, 0.717) is 19.1 Å². The maximum atomic E-state index is 10.6. The SMILES string of the molecule is O=C([O-])Cn1nnnc1NCCCOc1cccc(CN2CCCCC2)c1.[K+]. The number of benzene rings is 1. The maximum Gasteiger partial charge on any atom is 1.00 e. The molecule has 0 aliphatic carbocycles. The first-order valence-electron chi connectivity index (χ1n) is 9.35. The Balaban J connectivity index is 0.00000280. The quantitative estimate of drug-likeness (QED) is 0.332. The molecule has 28 heavy (non-hydrogen) atoms. The van der Waals surface area contributed by atoms with E-state index in [-0.39, 0.29) is 57.9 Å². The van der Waals surface area contributed by atoms with Crippen LogP contribution in [-0.4, -0.2) is 57.3 Å². The van der Waals surface area contributed by atoms with E-state index >= 15 is 0 Å². The average molecular weight is 413 g/mol. The Bertz CT molecular complexity index is 736. The Labute approximate surface area is 207 Å². The van der Waals surface area contributed by atoms with Crippen LogP contribution in [0.25, 0.3) is 0 Å². The van der Waals surface area contributed by atoms with Gasteiger partial charge in [0.25, 0.3) is 0 Å². The zero-order valence-electron chi connectivity index (χ0n) is 16.3. The molecule has 9 nitrogen and oxygen atoms in total. The summed E-state index contributed by atoms with van der Waals surface area (Å²) in [5.74, 6) is -0.0628. The molecule has 10 heteroatoms. The van der Waals surface area contributed by atoms with Crippen LogP contribution in [0.3, 0.4) is 0 Å². The van der Waals surface area contributed by atoms with Crippen molar-refractivity contribution < 1.29 is 66.0 Å². The minimum Gasteiger partial charge on any atom is -0.548 e. The Morgan fingerprint density at radius 2 is 2.07 bits per heavy atom. The molecule has 0 radical (unpaired) electrons. The molecule has 0 saturated carbocycles. The second-order valence-corrected chi connectivity index (χ2v) is 6.65. The van der Waals surface area contributed by atoms with Gasteiger partial charge in [0, 0.05) is 13.1 Å². The third kappa shape index (κ3) is 7.76. The monoisotopic (exact) mass is 412 g/mol. The molecule has 0 unspecified atom stereocenters. The van der Waals surface area contributed by atoms with E-state index in [1.54, 1.807) is 0 Å². The van der Waals surface area contributed by atoms with Gasteiger partial charge in [0.05, 0.1) is 19.1 Å². The van der Waals surface area contributed by atoms with Gasteiger partial charge in [-0.2, -0.15) is 0 Å². The number of carboxylic acid groups (broad SMARTS) is 1. The van der Waals surface area contributed by atoms with Gasteiger partial charge in [-0.05, 0) is 60.5 Å². The second kappa shape index (κ2) is 12.5. The number of piperidine rings is 1. The molecule has 1 aromatic heterocycles. The second-order valence-electron chi connectivity index (χ2n) is 6.65. The van der Waals surface area contributed by atoms with Crippen LogP contribution in [0.1, 0.15) is 31.2 Å². The van der Waals surface area contributed by atoms with Crippen LogP contribution >= 0.6 is 0 Å². The first-order chi connectivity index (χ1) is 13.2. The molecule has 1 saturated heterocycles. The first kappa shape index (κ1) is 23.2. The van der Waals surface area contributed by atoms with Crippen molar-refractivity contribution >= 4 is 11.9 Å². The summed E-state index contributed by atoms with van der Waals surface area (Å²) in [6.45, 7) is 4.06. The fraction of sp³-hybridized carbons (Fsp3) is 0.556. The summed E-state index contributed by atoms with van der Waals surface area (Å²) in [7, 11) is 0. The van der Waals surface area contributed by atoms with Gasteiger partial charge in [-0.25, -0.2) is 4.68 Å². The Kier molecular flexibility index (Phi) is 10.4. The summed E-state index contributed by atoms with van der Waals surface area (Å²) in [5, 5.41) is 24.4. The van der Waals surface area contributed by atoms with Gasteiger partial charge in [-0.15, -0.1) is 0 Å². The van der Waals surface area contributed by atoms with E-state index in [1.165, 1.54) is 37.9 Å². The third-order valence-electron chi connectivity index (χ3n) is 4.44. The van der Waals surface area contributed by atoms with Crippen LogP contribution < -0.4 is 66.5 Å². The van der Waals surface area contributed by atoms with Crippen LogP contribution in [0.15, 0.2) is 24.3 Å². The zero-order valence-corrected chi connectivity index (χ0v) is 19.5. The third-order valence-corrected chi connectivity index (χ3v) is 4.44. The molecule has 1 fully saturated rings. The Hall–Kier alpha value is -1.04. The van der Waals surface area contributed by atoms with Crippen molar-refractivity contribution in [2.24, 2.45) is 0 Å². The number of ether oxygens (including phenoxy) is 1. The van der Waals surface area contributed by atoms with Gasteiger partial charge in [0.2, 0.25) is 5.95 Å². The molecule has 3 rings (SSSR count). The summed E-state index contributed by atoms with van der Waals surface area (Å²) in [6.07, 6.45) is 4.65. The summed E-state index contributed by atoms with van der Waals surface area (Å²) in [6, 6.07) is 8.23. The van der Waals surface area contributed by atoms with Gasteiger partial charge < -0.3 is 20.0 Å². The topological polar surface area (TPSA) is 108 Å². The summed E-state index contributed by atoms with van der Waals surface area (Å²) >= 11 is 0. The smallest absolute Gasteiger partial charge is 0.548 e. The van der Waals surface area contributed by atoms with Crippen molar-refractivity contribution in [1.82, 2.24) is 25.1 Å². The van der Waals surface area contributed by atoms with E-state index < -0.39 is 5.97 Å². The van der Waals surface area contributed by atoms with Crippen molar-refractivity contribution in [3.05, 3.63) is 29.8 Å². The molecule has 0 amide bonds. The number of anilines is 1. The van der Waals surface area contributed by atoms with E-state index in [0.717, 1.165) is 23.4 Å². The molecule has 2 aromatic rings. The largest absolute Gasteiger partial charge is 1.00 e. The molecule has 0 bridgehead atoms. The number of aliphatic carboxylic acids is 1. The molecule has 1 aliphatic rings. The van der Waals surface area contributed by atoms with Crippen molar-refractivity contribution in [3.8, 4) is 5.75 Å².